The van der Waals surface area contributed by atoms with Crippen LogP contribution in [0, 0.1) is 0 Å². The zero-order valence-electron chi connectivity index (χ0n) is 18.1. The van der Waals surface area contributed by atoms with Gasteiger partial charge in [0.25, 0.3) is 5.91 Å². The van der Waals surface area contributed by atoms with Crippen molar-refractivity contribution < 1.29 is 13.2 Å². The Hall–Kier alpha value is -2.22. The maximum atomic E-state index is 12.8. The molecule has 2 aromatic rings. The molecule has 0 spiro atoms. The normalized spacial score (nSPS) is 20.6. The van der Waals surface area contributed by atoms with Crippen molar-refractivity contribution in [3.05, 3.63) is 59.7 Å². The molecule has 1 atom stereocenters. The fraction of sp³-hybridized carbons (Fsp3) is 0.458. The van der Waals surface area contributed by atoms with Crippen molar-refractivity contribution in [2.45, 2.75) is 56.5 Å². The lowest BCUT2D eigenvalue weighted by atomic mass is 10.0. The second-order valence-corrected chi connectivity index (χ2v) is 10.5. The van der Waals surface area contributed by atoms with Gasteiger partial charge in [-0.25, -0.2) is 8.42 Å². The molecule has 31 heavy (non-hydrogen) atoms. The van der Waals surface area contributed by atoms with Gasteiger partial charge in [0.05, 0.1) is 4.90 Å². The zero-order valence-corrected chi connectivity index (χ0v) is 18.9. The number of rotatable bonds is 6. The number of anilines is 1. The van der Waals surface area contributed by atoms with E-state index >= 15 is 0 Å². The highest BCUT2D eigenvalue weighted by Crippen LogP contribution is 2.23. The fourth-order valence-electron chi connectivity index (χ4n) is 4.40. The summed E-state index contributed by atoms with van der Waals surface area (Å²) in [5, 5.41) is 2.89. The van der Waals surface area contributed by atoms with Gasteiger partial charge in [0.2, 0.25) is 10.0 Å². The number of amides is 1. The summed E-state index contributed by atoms with van der Waals surface area (Å²) in [6.07, 6.45) is 5.58. The van der Waals surface area contributed by atoms with Crippen molar-refractivity contribution in [3.8, 4) is 0 Å². The largest absolute Gasteiger partial charge is 0.322 e. The van der Waals surface area contributed by atoms with Crippen LogP contribution in [0.1, 0.15) is 54.9 Å². The maximum absolute atomic E-state index is 12.8. The van der Waals surface area contributed by atoms with Crippen molar-refractivity contribution in [2.75, 3.05) is 25.0 Å². The summed E-state index contributed by atoms with van der Waals surface area (Å²) >= 11 is 0. The zero-order chi connectivity index (χ0) is 21.8. The lowest BCUT2D eigenvalue weighted by molar-refractivity contribution is 0.102. The Balaban J connectivity index is 1.41. The smallest absolute Gasteiger partial charge is 0.255 e. The summed E-state index contributed by atoms with van der Waals surface area (Å²) in [4.78, 5) is 15.4. The van der Waals surface area contributed by atoms with E-state index in [4.69, 9.17) is 0 Å². The molecule has 1 amide bonds. The van der Waals surface area contributed by atoms with Crippen molar-refractivity contribution in [2.24, 2.45) is 0 Å². The Morgan fingerprint density at radius 1 is 1.00 bits per heavy atom. The van der Waals surface area contributed by atoms with Crippen molar-refractivity contribution in [1.82, 2.24) is 9.21 Å². The molecule has 1 N–H and O–H groups in total. The first-order valence-electron chi connectivity index (χ1n) is 11.2. The highest BCUT2D eigenvalue weighted by atomic mass is 32.2. The summed E-state index contributed by atoms with van der Waals surface area (Å²) in [6.45, 7) is 5.43. The lowest BCUT2D eigenvalue weighted by Crippen LogP contribution is -2.36. The molecule has 0 bridgehead atoms. The van der Waals surface area contributed by atoms with Crippen LogP contribution in [0.25, 0.3) is 0 Å². The Kier molecular flexibility index (Phi) is 6.74. The highest BCUT2D eigenvalue weighted by Gasteiger charge is 2.27. The van der Waals surface area contributed by atoms with E-state index in [1.807, 2.05) is 24.3 Å². The standard InChI is InChI=1S/C24H31N3O3S/c1-19-7-2-3-14-26(19)18-20-10-12-22(13-11-20)25-24(28)21-8-6-9-23(17-21)31(29,30)27-15-4-5-16-27/h6,8-13,17,19H,2-5,7,14-16,18H2,1H3,(H,25,28)/t19-/m1/s1. The first-order chi connectivity index (χ1) is 14.9. The van der Waals surface area contributed by atoms with Crippen LogP contribution >= 0.6 is 0 Å². The number of piperidine rings is 1. The number of carbonyl (C=O) groups excluding carboxylic acids is 1. The molecular formula is C24H31N3O3S. The van der Waals surface area contributed by atoms with Gasteiger partial charge in [-0.2, -0.15) is 4.31 Å². The van der Waals surface area contributed by atoms with Crippen molar-refractivity contribution in [1.29, 1.82) is 0 Å². The number of benzene rings is 2. The molecule has 7 heteroatoms. The quantitative estimate of drug-likeness (QED) is 0.733. The van der Waals surface area contributed by atoms with Gasteiger partial charge in [0, 0.05) is 36.9 Å². The van der Waals surface area contributed by atoms with Gasteiger partial charge in [-0.05, 0) is 75.0 Å². The van der Waals surface area contributed by atoms with Crippen LogP contribution in [0.15, 0.2) is 53.4 Å². The summed E-state index contributed by atoms with van der Waals surface area (Å²) in [6, 6.07) is 14.8. The van der Waals surface area contributed by atoms with E-state index in [0.717, 1.165) is 25.9 Å². The molecule has 166 valence electrons. The molecule has 2 aromatic carbocycles. The predicted octanol–water partition coefficient (Wildman–Crippen LogP) is 4.10. The summed E-state index contributed by atoms with van der Waals surface area (Å²) < 4.78 is 27.1. The third kappa shape index (κ3) is 5.17. The average Bonchev–Trinajstić information content (AvgIpc) is 3.33. The fourth-order valence-corrected chi connectivity index (χ4v) is 5.96. The molecule has 0 saturated carbocycles. The molecule has 6 nitrogen and oxygen atoms in total. The average molecular weight is 442 g/mol. The van der Waals surface area contributed by atoms with Gasteiger partial charge in [0.15, 0.2) is 0 Å². The van der Waals surface area contributed by atoms with E-state index in [-0.39, 0.29) is 10.8 Å². The third-order valence-electron chi connectivity index (χ3n) is 6.34. The molecular weight excluding hydrogens is 410 g/mol. The summed E-state index contributed by atoms with van der Waals surface area (Å²) in [5.74, 6) is -0.309. The molecule has 2 aliphatic heterocycles. The van der Waals surface area contributed by atoms with Crippen LogP contribution in [0.5, 0.6) is 0 Å². The number of hydrogen-bond acceptors (Lipinski definition) is 4. The van der Waals surface area contributed by atoms with E-state index in [0.29, 0.717) is 30.4 Å². The number of nitrogens with zero attached hydrogens (tertiary/aromatic N) is 2. The number of hydrogen-bond donors (Lipinski definition) is 1. The van der Waals surface area contributed by atoms with E-state index in [9.17, 15) is 13.2 Å². The molecule has 2 heterocycles. The molecule has 0 radical (unpaired) electrons. The molecule has 0 unspecified atom stereocenters. The van der Waals surface area contributed by atoms with E-state index in [2.05, 4.69) is 17.1 Å². The molecule has 2 saturated heterocycles. The summed E-state index contributed by atoms with van der Waals surface area (Å²) in [7, 11) is -3.54. The minimum atomic E-state index is -3.54. The third-order valence-corrected chi connectivity index (χ3v) is 8.23. The van der Waals surface area contributed by atoms with Crippen LogP contribution in [0.3, 0.4) is 0 Å². The Bertz CT molecular complexity index is 1010. The number of sulfonamides is 1. The number of carbonyl (C=O) groups is 1. The monoisotopic (exact) mass is 441 g/mol. The lowest BCUT2D eigenvalue weighted by Gasteiger charge is -2.33. The molecule has 0 aliphatic carbocycles. The number of nitrogens with one attached hydrogen (secondary N) is 1. The molecule has 4 rings (SSSR count). The predicted molar refractivity (Wildman–Crippen MR) is 123 cm³/mol. The van der Waals surface area contributed by atoms with Gasteiger partial charge in [0.1, 0.15) is 0 Å². The van der Waals surface area contributed by atoms with E-state index in [1.54, 1.807) is 18.2 Å². The Labute approximate surface area is 185 Å². The first kappa shape index (κ1) is 22.0. The van der Waals surface area contributed by atoms with Crippen LogP contribution < -0.4 is 5.32 Å². The van der Waals surface area contributed by atoms with Crippen LogP contribution in [0.4, 0.5) is 5.69 Å². The van der Waals surface area contributed by atoms with Gasteiger partial charge in [-0.3, -0.25) is 9.69 Å². The maximum Gasteiger partial charge on any atom is 0.255 e. The topological polar surface area (TPSA) is 69.7 Å². The number of likely N-dealkylation sites (tertiary alicyclic amines) is 1. The minimum absolute atomic E-state index is 0.174. The van der Waals surface area contributed by atoms with Crippen LogP contribution in [0.2, 0.25) is 0 Å². The van der Waals surface area contributed by atoms with Gasteiger partial charge in [-0.1, -0.05) is 24.6 Å². The molecule has 2 aliphatic rings. The van der Waals surface area contributed by atoms with Gasteiger partial charge < -0.3 is 5.32 Å². The molecule has 2 fully saturated rings. The Morgan fingerprint density at radius 2 is 1.71 bits per heavy atom. The molecule has 0 aromatic heterocycles. The van der Waals surface area contributed by atoms with Gasteiger partial charge in [-0.15, -0.1) is 0 Å². The van der Waals surface area contributed by atoms with Crippen molar-refractivity contribution in [3.63, 3.8) is 0 Å². The SMILES string of the molecule is C[C@@H]1CCCCN1Cc1ccc(NC(=O)c2cccc(S(=O)(=O)N3CCCC3)c2)cc1. The van der Waals surface area contributed by atoms with Crippen LogP contribution in [-0.4, -0.2) is 49.2 Å². The van der Waals surface area contributed by atoms with Gasteiger partial charge >= 0.3 is 0 Å². The summed E-state index contributed by atoms with van der Waals surface area (Å²) in [5.41, 5.74) is 2.27. The minimum Gasteiger partial charge on any atom is -0.322 e. The highest BCUT2D eigenvalue weighted by molar-refractivity contribution is 7.89. The van der Waals surface area contributed by atoms with E-state index < -0.39 is 10.0 Å². The van der Waals surface area contributed by atoms with Crippen molar-refractivity contribution >= 4 is 21.6 Å². The Morgan fingerprint density at radius 3 is 2.42 bits per heavy atom. The second kappa shape index (κ2) is 9.51. The first-order valence-corrected chi connectivity index (χ1v) is 12.6. The van der Waals surface area contributed by atoms with E-state index in [1.165, 1.54) is 35.2 Å². The van der Waals surface area contributed by atoms with Crippen LogP contribution in [-0.2, 0) is 16.6 Å². The second-order valence-electron chi connectivity index (χ2n) is 8.61.